The largest absolute Gasteiger partial charge is 0.313 e. The quantitative estimate of drug-likeness (QED) is 0.687. The summed E-state index contributed by atoms with van der Waals surface area (Å²) in [4.78, 5) is 0. The van der Waals surface area contributed by atoms with Crippen molar-refractivity contribution >= 4 is 17.5 Å². The molecule has 1 heterocycles. The Hall–Kier alpha value is -0.960. The Morgan fingerprint density at radius 1 is 1.31 bits per heavy atom. The second kappa shape index (κ2) is 3.83. The molecule has 0 aromatic heterocycles. The first-order valence-corrected chi connectivity index (χ1v) is 5.46. The minimum absolute atomic E-state index is 1.01. The number of hydrogen-bond donors (Lipinski definition) is 1. The lowest BCUT2D eigenvalue weighted by Gasteiger charge is -2.16. The molecule has 0 amide bonds. The van der Waals surface area contributed by atoms with Crippen LogP contribution in [0.1, 0.15) is 11.1 Å². The van der Waals surface area contributed by atoms with E-state index in [0.717, 1.165) is 17.2 Å². The molecule has 13 heavy (non-hydrogen) atoms. The molecule has 0 saturated heterocycles. The molecule has 2 nitrogen and oxygen atoms in total. The van der Waals surface area contributed by atoms with Crippen LogP contribution >= 0.6 is 11.8 Å². The fraction of sp³-hybridized carbons (Fsp3) is 0.300. The normalized spacial score (nSPS) is 18.4. The Bertz CT molecular complexity index is 333. The fourth-order valence-corrected chi connectivity index (χ4v) is 2.48. The van der Waals surface area contributed by atoms with Crippen LogP contribution in [0.4, 0.5) is 0 Å². The smallest absolute Gasteiger partial charge is 0.0777 e. The van der Waals surface area contributed by atoms with Gasteiger partial charge in [0.25, 0.3) is 0 Å². The topological polar surface area (TPSA) is 24.4 Å². The standard InChI is InChI=1S/C10H12N2S/c1-11-12-10-7-13-6-8-4-2-3-5-9(8)10/h2-5,11H,6-7H2,1H3/b12-10-. The van der Waals surface area contributed by atoms with Gasteiger partial charge in [-0.05, 0) is 5.56 Å². The van der Waals surface area contributed by atoms with Crippen molar-refractivity contribution in [2.24, 2.45) is 5.10 Å². The van der Waals surface area contributed by atoms with Crippen molar-refractivity contribution in [3.8, 4) is 0 Å². The Balaban J connectivity index is 2.42. The molecular formula is C10H12N2S. The van der Waals surface area contributed by atoms with Crippen molar-refractivity contribution < 1.29 is 0 Å². The van der Waals surface area contributed by atoms with Gasteiger partial charge in [-0.3, -0.25) is 0 Å². The van der Waals surface area contributed by atoms with E-state index in [9.17, 15) is 0 Å². The number of hydrazone groups is 1. The predicted molar refractivity (Wildman–Crippen MR) is 58.2 cm³/mol. The van der Waals surface area contributed by atoms with Crippen LogP contribution in [0.3, 0.4) is 0 Å². The van der Waals surface area contributed by atoms with E-state index >= 15 is 0 Å². The predicted octanol–water partition coefficient (Wildman–Crippen LogP) is 1.86. The summed E-state index contributed by atoms with van der Waals surface area (Å²) in [5, 5.41) is 4.27. The summed E-state index contributed by atoms with van der Waals surface area (Å²) in [6, 6.07) is 8.47. The summed E-state index contributed by atoms with van der Waals surface area (Å²) in [6.45, 7) is 0. The molecule has 0 atom stereocenters. The van der Waals surface area contributed by atoms with Crippen LogP contribution in [0, 0.1) is 0 Å². The van der Waals surface area contributed by atoms with E-state index in [1.54, 1.807) is 0 Å². The second-order valence-electron chi connectivity index (χ2n) is 2.93. The van der Waals surface area contributed by atoms with Crippen LogP contribution in [0.2, 0.25) is 0 Å². The first kappa shape index (κ1) is 8.63. The highest BCUT2D eigenvalue weighted by atomic mass is 32.2. The average molecular weight is 192 g/mol. The number of nitrogens with one attached hydrogen (secondary N) is 1. The van der Waals surface area contributed by atoms with Gasteiger partial charge in [-0.15, -0.1) is 0 Å². The maximum Gasteiger partial charge on any atom is 0.0777 e. The zero-order chi connectivity index (χ0) is 9.10. The molecule has 68 valence electrons. The van der Waals surface area contributed by atoms with E-state index in [1.165, 1.54) is 11.1 Å². The first-order chi connectivity index (χ1) is 6.42. The van der Waals surface area contributed by atoms with E-state index in [-0.39, 0.29) is 0 Å². The molecule has 1 aromatic rings. The van der Waals surface area contributed by atoms with E-state index < -0.39 is 0 Å². The fourth-order valence-electron chi connectivity index (χ4n) is 1.49. The van der Waals surface area contributed by atoms with Crippen molar-refractivity contribution in [3.63, 3.8) is 0 Å². The van der Waals surface area contributed by atoms with Gasteiger partial charge in [0.05, 0.1) is 5.71 Å². The van der Waals surface area contributed by atoms with Crippen LogP contribution < -0.4 is 5.43 Å². The minimum Gasteiger partial charge on any atom is -0.313 e. The third-order valence-electron chi connectivity index (χ3n) is 2.07. The lowest BCUT2D eigenvalue weighted by atomic mass is 10.1. The van der Waals surface area contributed by atoms with Gasteiger partial charge < -0.3 is 5.43 Å². The molecule has 2 rings (SSSR count). The molecule has 0 radical (unpaired) electrons. The highest BCUT2D eigenvalue weighted by molar-refractivity contribution is 7.99. The SMILES string of the molecule is CN/N=C1/CSCc2ccccc21. The van der Waals surface area contributed by atoms with Gasteiger partial charge in [0.1, 0.15) is 0 Å². The van der Waals surface area contributed by atoms with Gasteiger partial charge in [0, 0.05) is 24.1 Å². The Labute approximate surface area is 82.4 Å². The number of thioether (sulfide) groups is 1. The summed E-state index contributed by atoms with van der Waals surface area (Å²) in [6.07, 6.45) is 0. The molecule has 0 bridgehead atoms. The van der Waals surface area contributed by atoms with Gasteiger partial charge in [0.2, 0.25) is 0 Å². The van der Waals surface area contributed by atoms with Gasteiger partial charge in [-0.1, -0.05) is 24.3 Å². The molecule has 0 saturated carbocycles. The van der Waals surface area contributed by atoms with E-state index in [1.807, 2.05) is 18.8 Å². The van der Waals surface area contributed by atoms with Crippen molar-refractivity contribution in [3.05, 3.63) is 35.4 Å². The summed E-state index contributed by atoms with van der Waals surface area (Å²) < 4.78 is 0. The molecule has 0 spiro atoms. The van der Waals surface area contributed by atoms with Crippen LogP contribution in [0.25, 0.3) is 0 Å². The van der Waals surface area contributed by atoms with Crippen molar-refractivity contribution in [2.75, 3.05) is 12.8 Å². The zero-order valence-corrected chi connectivity index (χ0v) is 8.40. The van der Waals surface area contributed by atoms with Gasteiger partial charge in [0.15, 0.2) is 0 Å². The first-order valence-electron chi connectivity index (χ1n) is 4.31. The van der Waals surface area contributed by atoms with Crippen LogP contribution in [-0.4, -0.2) is 18.5 Å². The molecule has 0 unspecified atom stereocenters. The maximum atomic E-state index is 4.27. The zero-order valence-electron chi connectivity index (χ0n) is 7.58. The highest BCUT2D eigenvalue weighted by Crippen LogP contribution is 2.24. The third kappa shape index (κ3) is 1.70. The third-order valence-corrected chi connectivity index (χ3v) is 3.06. The van der Waals surface area contributed by atoms with Crippen LogP contribution in [0.15, 0.2) is 29.4 Å². The Morgan fingerprint density at radius 2 is 2.15 bits per heavy atom. The molecule has 1 aliphatic heterocycles. The number of nitrogens with zero attached hydrogens (tertiary/aromatic N) is 1. The summed E-state index contributed by atoms with van der Waals surface area (Å²) in [5.74, 6) is 2.12. The van der Waals surface area contributed by atoms with Gasteiger partial charge in [-0.25, -0.2) is 0 Å². The molecule has 0 fully saturated rings. The highest BCUT2D eigenvalue weighted by Gasteiger charge is 2.14. The molecule has 0 aliphatic carbocycles. The summed E-state index contributed by atoms with van der Waals surface area (Å²) in [7, 11) is 1.84. The Kier molecular flexibility index (Phi) is 2.54. The van der Waals surface area contributed by atoms with E-state index in [0.29, 0.717) is 0 Å². The van der Waals surface area contributed by atoms with Crippen molar-refractivity contribution in [2.45, 2.75) is 5.75 Å². The molecule has 3 heteroatoms. The molecule has 1 N–H and O–H groups in total. The van der Waals surface area contributed by atoms with Crippen molar-refractivity contribution in [1.82, 2.24) is 5.43 Å². The molecule has 1 aromatic carbocycles. The second-order valence-corrected chi connectivity index (χ2v) is 3.92. The van der Waals surface area contributed by atoms with E-state index in [2.05, 4.69) is 34.8 Å². The number of hydrogen-bond acceptors (Lipinski definition) is 3. The number of fused-ring (bicyclic) bond motifs is 1. The average Bonchev–Trinajstić information content (AvgIpc) is 2.19. The molecular weight excluding hydrogens is 180 g/mol. The van der Waals surface area contributed by atoms with Crippen molar-refractivity contribution in [1.29, 1.82) is 0 Å². The lowest BCUT2D eigenvalue weighted by Crippen LogP contribution is -2.15. The van der Waals surface area contributed by atoms with Crippen LogP contribution in [0.5, 0.6) is 0 Å². The van der Waals surface area contributed by atoms with Gasteiger partial charge in [-0.2, -0.15) is 16.9 Å². The van der Waals surface area contributed by atoms with Crippen LogP contribution in [-0.2, 0) is 5.75 Å². The minimum atomic E-state index is 1.01. The Morgan fingerprint density at radius 3 is 3.00 bits per heavy atom. The molecule has 1 aliphatic rings. The summed E-state index contributed by atoms with van der Waals surface area (Å²) >= 11 is 1.91. The van der Waals surface area contributed by atoms with E-state index in [4.69, 9.17) is 0 Å². The maximum absolute atomic E-state index is 4.27. The lowest BCUT2D eigenvalue weighted by molar-refractivity contribution is 0.899. The monoisotopic (exact) mass is 192 g/mol. The van der Waals surface area contributed by atoms with Gasteiger partial charge >= 0.3 is 0 Å². The number of rotatable bonds is 1. The number of benzene rings is 1. The summed E-state index contributed by atoms with van der Waals surface area (Å²) in [5.41, 5.74) is 6.71.